The number of amides is 1. The van der Waals surface area contributed by atoms with E-state index in [0.29, 0.717) is 11.3 Å². The number of hydrogen-bond acceptors (Lipinski definition) is 2. The van der Waals surface area contributed by atoms with E-state index in [1.54, 1.807) is 0 Å². The van der Waals surface area contributed by atoms with E-state index in [4.69, 9.17) is 0 Å². The minimum atomic E-state index is 0. The molecule has 3 rings (SSSR count). The van der Waals surface area contributed by atoms with Crippen LogP contribution in [0.4, 0.5) is 0 Å². The Labute approximate surface area is 103 Å². The third kappa shape index (κ3) is 1.65. The van der Waals surface area contributed by atoms with Gasteiger partial charge in [-0.3, -0.25) is 4.79 Å². The zero-order valence-electron chi connectivity index (χ0n) is 10.0. The lowest BCUT2D eigenvalue weighted by Gasteiger charge is -2.25. The first-order chi connectivity index (χ1) is 7.10. The molecule has 1 saturated carbocycles. The molecule has 3 aliphatic rings. The largest absolute Gasteiger partial charge is 0.341 e. The van der Waals surface area contributed by atoms with E-state index >= 15 is 0 Å². The third-order valence-electron chi connectivity index (χ3n) is 4.79. The summed E-state index contributed by atoms with van der Waals surface area (Å²) in [5.74, 6) is 1.92. The van der Waals surface area contributed by atoms with E-state index in [-0.39, 0.29) is 18.4 Å². The van der Waals surface area contributed by atoms with Gasteiger partial charge in [-0.25, -0.2) is 0 Å². The maximum absolute atomic E-state index is 12.1. The summed E-state index contributed by atoms with van der Waals surface area (Å²) < 4.78 is 0. The summed E-state index contributed by atoms with van der Waals surface area (Å²) in [6.07, 6.45) is 2.19. The molecule has 1 aliphatic carbocycles. The van der Waals surface area contributed by atoms with Crippen LogP contribution >= 0.6 is 12.4 Å². The number of nitrogens with one attached hydrogen (secondary N) is 1. The highest BCUT2D eigenvalue weighted by atomic mass is 35.5. The summed E-state index contributed by atoms with van der Waals surface area (Å²) >= 11 is 0. The number of hydrogen-bond donors (Lipinski definition) is 1. The lowest BCUT2D eigenvalue weighted by Crippen LogP contribution is -2.44. The minimum Gasteiger partial charge on any atom is -0.341 e. The summed E-state index contributed by atoms with van der Waals surface area (Å²) in [7, 11) is 0. The highest BCUT2D eigenvalue weighted by Gasteiger charge is 2.62. The molecule has 3 fully saturated rings. The Bertz CT molecular complexity index is 285. The third-order valence-corrected chi connectivity index (χ3v) is 4.79. The predicted octanol–water partition coefficient (Wildman–Crippen LogP) is 1.27. The van der Waals surface area contributed by atoms with Crippen molar-refractivity contribution in [3.63, 3.8) is 0 Å². The molecule has 16 heavy (non-hydrogen) atoms. The van der Waals surface area contributed by atoms with Crippen LogP contribution in [0.15, 0.2) is 0 Å². The van der Waals surface area contributed by atoms with E-state index < -0.39 is 0 Å². The Kier molecular flexibility index (Phi) is 2.96. The van der Waals surface area contributed by atoms with E-state index in [0.717, 1.165) is 44.3 Å². The van der Waals surface area contributed by atoms with Crippen molar-refractivity contribution in [1.29, 1.82) is 0 Å². The van der Waals surface area contributed by atoms with Gasteiger partial charge in [0.1, 0.15) is 0 Å². The van der Waals surface area contributed by atoms with Crippen molar-refractivity contribution in [1.82, 2.24) is 10.2 Å². The highest BCUT2D eigenvalue weighted by molar-refractivity contribution is 5.85. The first-order valence-electron chi connectivity index (χ1n) is 6.13. The molecule has 2 heterocycles. The van der Waals surface area contributed by atoms with Gasteiger partial charge in [0.05, 0.1) is 6.04 Å². The molecule has 2 saturated heterocycles. The standard InChI is InChI=1S/C12H20N2O.ClH/c1-12(2)8-6-14(7-9(8)12)11(15)10-4-3-5-13-10;/h8-10,13H,3-7H2,1-2H3;1H. The molecule has 0 aromatic heterocycles. The molecule has 3 atom stereocenters. The predicted molar refractivity (Wildman–Crippen MR) is 65.6 cm³/mol. The molecule has 0 spiro atoms. The first kappa shape index (κ1) is 12.2. The number of carbonyl (C=O) groups excluding carboxylic acids is 1. The molecule has 92 valence electrons. The van der Waals surface area contributed by atoms with Crippen LogP contribution in [0, 0.1) is 17.3 Å². The molecule has 1 N–H and O–H groups in total. The Morgan fingerprint density at radius 2 is 1.94 bits per heavy atom. The number of fused-ring (bicyclic) bond motifs is 1. The summed E-state index contributed by atoms with van der Waals surface area (Å²) in [5.41, 5.74) is 0.514. The van der Waals surface area contributed by atoms with Crippen LogP contribution in [0.2, 0.25) is 0 Å². The molecule has 4 heteroatoms. The highest BCUT2D eigenvalue weighted by Crippen LogP contribution is 2.61. The van der Waals surface area contributed by atoms with Gasteiger partial charge >= 0.3 is 0 Å². The van der Waals surface area contributed by atoms with Crippen molar-refractivity contribution in [2.45, 2.75) is 32.7 Å². The lowest BCUT2D eigenvalue weighted by atomic mass is 10.1. The average Bonchev–Trinajstić information content (AvgIpc) is 2.79. The van der Waals surface area contributed by atoms with Gasteiger partial charge < -0.3 is 10.2 Å². The average molecular weight is 245 g/mol. The summed E-state index contributed by atoms with van der Waals surface area (Å²) in [6, 6.07) is 0.130. The Balaban J connectivity index is 0.000000963. The molecule has 0 aromatic rings. The number of halogens is 1. The van der Waals surface area contributed by atoms with Crippen LogP contribution in [0.5, 0.6) is 0 Å². The van der Waals surface area contributed by atoms with Gasteiger partial charge in [0.15, 0.2) is 0 Å². The van der Waals surface area contributed by atoms with E-state index in [1.807, 2.05) is 0 Å². The molecule has 0 radical (unpaired) electrons. The second kappa shape index (κ2) is 3.88. The van der Waals surface area contributed by atoms with E-state index in [1.165, 1.54) is 0 Å². The number of piperidine rings is 1. The van der Waals surface area contributed by atoms with Crippen LogP contribution in [-0.4, -0.2) is 36.5 Å². The van der Waals surface area contributed by atoms with Gasteiger partial charge in [-0.2, -0.15) is 0 Å². The van der Waals surface area contributed by atoms with Gasteiger partial charge in [0.25, 0.3) is 0 Å². The molecular weight excluding hydrogens is 224 g/mol. The van der Waals surface area contributed by atoms with Crippen LogP contribution in [0.3, 0.4) is 0 Å². The van der Waals surface area contributed by atoms with Crippen LogP contribution in [-0.2, 0) is 4.79 Å². The smallest absolute Gasteiger partial charge is 0.239 e. The molecule has 0 aromatic carbocycles. The maximum atomic E-state index is 12.1. The minimum absolute atomic E-state index is 0. The topological polar surface area (TPSA) is 32.3 Å². The molecular formula is C12H21ClN2O. The summed E-state index contributed by atoms with van der Waals surface area (Å²) in [6.45, 7) is 7.70. The van der Waals surface area contributed by atoms with Gasteiger partial charge in [0.2, 0.25) is 5.91 Å². The first-order valence-corrected chi connectivity index (χ1v) is 6.13. The zero-order valence-corrected chi connectivity index (χ0v) is 10.8. The number of rotatable bonds is 1. The Hall–Kier alpha value is -0.280. The van der Waals surface area contributed by atoms with Gasteiger partial charge in [-0.05, 0) is 36.6 Å². The SMILES string of the molecule is CC1(C)C2CN(C(=O)C3CCCN3)CC21.Cl. The van der Waals surface area contributed by atoms with Crippen molar-refractivity contribution < 1.29 is 4.79 Å². The van der Waals surface area contributed by atoms with Gasteiger partial charge in [-0.1, -0.05) is 13.8 Å². The quantitative estimate of drug-likeness (QED) is 0.754. The van der Waals surface area contributed by atoms with E-state index in [2.05, 4.69) is 24.1 Å². The van der Waals surface area contributed by atoms with Crippen molar-refractivity contribution in [3.8, 4) is 0 Å². The Morgan fingerprint density at radius 1 is 1.31 bits per heavy atom. The lowest BCUT2D eigenvalue weighted by molar-refractivity contribution is -0.132. The summed E-state index contributed by atoms with van der Waals surface area (Å²) in [5, 5.41) is 3.29. The normalized spacial score (nSPS) is 39.1. The van der Waals surface area contributed by atoms with Crippen molar-refractivity contribution in [2.75, 3.05) is 19.6 Å². The second-order valence-corrected chi connectivity index (χ2v) is 5.93. The van der Waals surface area contributed by atoms with Gasteiger partial charge in [0, 0.05) is 13.1 Å². The molecule has 3 unspecified atom stereocenters. The van der Waals surface area contributed by atoms with E-state index in [9.17, 15) is 4.79 Å². The van der Waals surface area contributed by atoms with Crippen molar-refractivity contribution in [3.05, 3.63) is 0 Å². The maximum Gasteiger partial charge on any atom is 0.239 e. The monoisotopic (exact) mass is 244 g/mol. The van der Waals surface area contributed by atoms with Gasteiger partial charge in [-0.15, -0.1) is 12.4 Å². The summed E-state index contributed by atoms with van der Waals surface area (Å²) in [4.78, 5) is 14.2. The fourth-order valence-electron chi connectivity index (χ4n) is 3.43. The number of likely N-dealkylation sites (tertiary alicyclic amines) is 1. The second-order valence-electron chi connectivity index (χ2n) is 5.93. The van der Waals surface area contributed by atoms with Crippen molar-refractivity contribution >= 4 is 18.3 Å². The zero-order chi connectivity index (χ0) is 10.6. The molecule has 2 aliphatic heterocycles. The molecule has 0 bridgehead atoms. The molecule has 3 nitrogen and oxygen atoms in total. The van der Waals surface area contributed by atoms with Crippen molar-refractivity contribution in [2.24, 2.45) is 17.3 Å². The van der Waals surface area contributed by atoms with Crippen LogP contribution in [0.1, 0.15) is 26.7 Å². The fraction of sp³-hybridized carbons (Fsp3) is 0.917. The Morgan fingerprint density at radius 3 is 2.44 bits per heavy atom. The fourth-order valence-corrected chi connectivity index (χ4v) is 3.43. The van der Waals surface area contributed by atoms with Crippen LogP contribution in [0.25, 0.3) is 0 Å². The number of carbonyl (C=O) groups is 1. The van der Waals surface area contributed by atoms with Crippen LogP contribution < -0.4 is 5.32 Å². The molecule has 1 amide bonds. The number of nitrogens with zero attached hydrogens (tertiary/aromatic N) is 1.